The molecule has 2 aromatic carbocycles. The van der Waals surface area contributed by atoms with Gasteiger partial charge in [0.05, 0.1) is 29.4 Å². The number of nitrogens with two attached hydrogens (primary N) is 2. The highest BCUT2D eigenvalue weighted by atomic mass is 16.2. The average Bonchev–Trinajstić information content (AvgIpc) is 3.33. The number of nitrogens with zero attached hydrogens (tertiary/aromatic N) is 4. The van der Waals surface area contributed by atoms with E-state index in [1.807, 2.05) is 44.2 Å². The standard InChI is InChI=1S/C25H29N7O3/c1-14(23(27)33)12-32-13-19-16(5-6-20(26)22(19)25(32)35)15-9-17(24(34)28-7-8-30(2)3)18-11-29-31(4)21(18)10-15/h5-6,9-11H,1,7-8,12-13,26H2,2-4H3,(H2,27,33)(H,28,34). The molecule has 10 nitrogen and oxygen atoms in total. The Hall–Kier alpha value is -4.18. The van der Waals surface area contributed by atoms with Crippen LogP contribution in [-0.4, -0.2) is 71.0 Å². The molecule has 1 aromatic heterocycles. The lowest BCUT2D eigenvalue weighted by atomic mass is 9.93. The first kappa shape index (κ1) is 24.0. The maximum absolute atomic E-state index is 13.1. The van der Waals surface area contributed by atoms with Gasteiger partial charge in [0.2, 0.25) is 5.91 Å². The lowest BCUT2D eigenvalue weighted by molar-refractivity contribution is -0.114. The Morgan fingerprint density at radius 3 is 2.69 bits per heavy atom. The van der Waals surface area contributed by atoms with Crippen LogP contribution in [0.2, 0.25) is 0 Å². The third kappa shape index (κ3) is 4.47. The van der Waals surface area contributed by atoms with Crippen molar-refractivity contribution in [1.29, 1.82) is 0 Å². The molecule has 1 aliphatic heterocycles. The second-order valence-electron chi connectivity index (χ2n) is 8.97. The Morgan fingerprint density at radius 1 is 1.26 bits per heavy atom. The van der Waals surface area contributed by atoms with Crippen molar-refractivity contribution in [3.63, 3.8) is 0 Å². The number of likely N-dealkylation sites (N-methyl/N-ethyl adjacent to an activating group) is 1. The molecule has 0 bridgehead atoms. The van der Waals surface area contributed by atoms with Crippen molar-refractivity contribution in [3.05, 3.63) is 59.3 Å². The third-order valence-corrected chi connectivity index (χ3v) is 6.19. The number of rotatable bonds is 8. The van der Waals surface area contributed by atoms with Gasteiger partial charge in [-0.1, -0.05) is 12.6 Å². The van der Waals surface area contributed by atoms with E-state index in [0.29, 0.717) is 29.9 Å². The molecule has 0 saturated heterocycles. The minimum atomic E-state index is -0.659. The van der Waals surface area contributed by atoms with Gasteiger partial charge in [0.15, 0.2) is 0 Å². The first-order valence-corrected chi connectivity index (χ1v) is 11.2. The normalized spacial score (nSPS) is 12.9. The SMILES string of the molecule is C=C(CN1Cc2c(-c3cc(C(=O)NCCN(C)C)c4cnn(C)c4c3)ccc(N)c2C1=O)C(N)=O. The van der Waals surface area contributed by atoms with Crippen LogP contribution in [0.4, 0.5) is 5.69 Å². The van der Waals surface area contributed by atoms with E-state index in [2.05, 4.69) is 17.0 Å². The minimum absolute atomic E-state index is 0.0159. The smallest absolute Gasteiger partial charge is 0.256 e. The highest BCUT2D eigenvalue weighted by Crippen LogP contribution is 2.38. The maximum atomic E-state index is 13.1. The molecule has 3 amide bonds. The lowest BCUT2D eigenvalue weighted by Crippen LogP contribution is -2.31. The number of nitrogens with one attached hydrogen (secondary N) is 1. The van der Waals surface area contributed by atoms with Crippen molar-refractivity contribution < 1.29 is 14.4 Å². The fraction of sp³-hybridized carbons (Fsp3) is 0.280. The van der Waals surface area contributed by atoms with Gasteiger partial charge in [-0.3, -0.25) is 19.1 Å². The number of anilines is 1. The first-order chi connectivity index (χ1) is 16.6. The number of fused-ring (bicyclic) bond motifs is 2. The monoisotopic (exact) mass is 475 g/mol. The van der Waals surface area contributed by atoms with Crippen LogP contribution in [0.25, 0.3) is 22.0 Å². The summed E-state index contributed by atoms with van der Waals surface area (Å²) in [6, 6.07) is 7.29. The number of hydrogen-bond donors (Lipinski definition) is 3. The van der Waals surface area contributed by atoms with Gasteiger partial charge in [0, 0.05) is 43.3 Å². The highest BCUT2D eigenvalue weighted by Gasteiger charge is 2.33. The summed E-state index contributed by atoms with van der Waals surface area (Å²) in [7, 11) is 5.70. The molecule has 0 atom stereocenters. The molecule has 3 aromatic rings. The van der Waals surface area contributed by atoms with Crippen molar-refractivity contribution >= 4 is 34.3 Å². The fourth-order valence-corrected chi connectivity index (χ4v) is 4.29. The van der Waals surface area contributed by atoms with Crippen LogP contribution in [0.15, 0.2) is 42.6 Å². The summed E-state index contributed by atoms with van der Waals surface area (Å²) >= 11 is 0. The quantitative estimate of drug-likeness (QED) is 0.329. The van der Waals surface area contributed by atoms with E-state index in [0.717, 1.165) is 27.6 Å². The molecule has 0 saturated carbocycles. The molecule has 2 heterocycles. The number of hydrogen-bond acceptors (Lipinski definition) is 6. The Bertz CT molecular complexity index is 1370. The molecule has 10 heteroatoms. The number of aromatic nitrogens is 2. The molecule has 0 unspecified atom stereocenters. The molecular formula is C25H29N7O3. The number of carbonyl (C=O) groups is 3. The predicted molar refractivity (Wildman–Crippen MR) is 135 cm³/mol. The Kier molecular flexibility index (Phi) is 6.31. The summed E-state index contributed by atoms with van der Waals surface area (Å²) in [6.45, 7) is 5.14. The summed E-state index contributed by atoms with van der Waals surface area (Å²) in [4.78, 5) is 41.2. The van der Waals surface area contributed by atoms with Crippen LogP contribution < -0.4 is 16.8 Å². The molecule has 4 rings (SSSR count). The van der Waals surface area contributed by atoms with E-state index in [4.69, 9.17) is 11.5 Å². The predicted octanol–water partition coefficient (Wildman–Crippen LogP) is 1.11. The van der Waals surface area contributed by atoms with Crippen LogP contribution in [0.3, 0.4) is 0 Å². The van der Waals surface area contributed by atoms with E-state index in [1.54, 1.807) is 16.9 Å². The van der Waals surface area contributed by atoms with Crippen LogP contribution in [0, 0.1) is 0 Å². The second-order valence-corrected chi connectivity index (χ2v) is 8.97. The van der Waals surface area contributed by atoms with Crippen LogP contribution >= 0.6 is 0 Å². The van der Waals surface area contributed by atoms with Crippen molar-refractivity contribution in [3.8, 4) is 11.1 Å². The Morgan fingerprint density at radius 2 is 2.00 bits per heavy atom. The molecule has 1 aliphatic rings. The molecular weight excluding hydrogens is 446 g/mol. The number of aryl methyl sites for hydroxylation is 1. The Labute approximate surface area is 203 Å². The van der Waals surface area contributed by atoms with Gasteiger partial charge in [0.25, 0.3) is 11.8 Å². The van der Waals surface area contributed by atoms with E-state index >= 15 is 0 Å². The summed E-state index contributed by atoms with van der Waals surface area (Å²) in [5.41, 5.74) is 15.9. The zero-order valence-corrected chi connectivity index (χ0v) is 20.1. The fourth-order valence-electron chi connectivity index (χ4n) is 4.29. The summed E-state index contributed by atoms with van der Waals surface area (Å²) in [5, 5.41) is 8.04. The number of amides is 3. The average molecular weight is 476 g/mol. The highest BCUT2D eigenvalue weighted by molar-refractivity contribution is 6.09. The number of primary amides is 1. The zero-order valence-electron chi connectivity index (χ0n) is 20.1. The number of benzene rings is 2. The van der Waals surface area contributed by atoms with Crippen molar-refractivity contribution in [2.24, 2.45) is 12.8 Å². The van der Waals surface area contributed by atoms with Crippen LogP contribution in [-0.2, 0) is 18.4 Å². The van der Waals surface area contributed by atoms with Gasteiger partial charge >= 0.3 is 0 Å². The topological polar surface area (TPSA) is 140 Å². The van der Waals surface area contributed by atoms with Crippen LogP contribution in [0.1, 0.15) is 26.3 Å². The van der Waals surface area contributed by atoms with Gasteiger partial charge in [-0.15, -0.1) is 0 Å². The minimum Gasteiger partial charge on any atom is -0.398 e. The van der Waals surface area contributed by atoms with Crippen molar-refractivity contribution in [2.75, 3.05) is 39.5 Å². The van der Waals surface area contributed by atoms with E-state index in [-0.39, 0.29) is 30.5 Å². The number of nitrogen functional groups attached to an aromatic ring is 1. The Balaban J connectivity index is 1.78. The maximum Gasteiger partial charge on any atom is 0.256 e. The molecule has 0 spiro atoms. The second kappa shape index (κ2) is 9.22. The van der Waals surface area contributed by atoms with Crippen LogP contribution in [0.5, 0.6) is 0 Å². The zero-order chi connectivity index (χ0) is 25.4. The van der Waals surface area contributed by atoms with Crippen molar-refractivity contribution in [2.45, 2.75) is 6.54 Å². The molecule has 182 valence electrons. The van der Waals surface area contributed by atoms with Gasteiger partial charge < -0.3 is 26.6 Å². The van der Waals surface area contributed by atoms with Gasteiger partial charge in [-0.2, -0.15) is 5.10 Å². The summed E-state index contributed by atoms with van der Waals surface area (Å²) < 4.78 is 1.71. The van der Waals surface area contributed by atoms with Gasteiger partial charge in [-0.05, 0) is 49.0 Å². The molecule has 35 heavy (non-hydrogen) atoms. The molecule has 0 fully saturated rings. The first-order valence-electron chi connectivity index (χ1n) is 11.2. The number of carbonyl (C=O) groups excluding carboxylic acids is 3. The molecule has 5 N–H and O–H groups in total. The summed E-state index contributed by atoms with van der Waals surface area (Å²) in [6.07, 6.45) is 1.67. The summed E-state index contributed by atoms with van der Waals surface area (Å²) in [5.74, 6) is -1.15. The third-order valence-electron chi connectivity index (χ3n) is 6.19. The van der Waals surface area contributed by atoms with E-state index in [9.17, 15) is 14.4 Å². The largest absolute Gasteiger partial charge is 0.398 e. The van der Waals surface area contributed by atoms with E-state index in [1.165, 1.54) is 4.90 Å². The molecule has 0 aliphatic carbocycles. The van der Waals surface area contributed by atoms with Gasteiger partial charge in [0.1, 0.15) is 0 Å². The lowest BCUT2D eigenvalue weighted by Gasteiger charge is -2.16. The molecule has 0 radical (unpaired) electrons. The van der Waals surface area contributed by atoms with Crippen molar-refractivity contribution in [1.82, 2.24) is 24.9 Å². The van der Waals surface area contributed by atoms with Gasteiger partial charge in [-0.25, -0.2) is 0 Å². The van der Waals surface area contributed by atoms with E-state index < -0.39 is 5.91 Å².